The van der Waals surface area contributed by atoms with E-state index in [1.807, 2.05) is 45.0 Å². The Morgan fingerprint density at radius 1 is 1.29 bits per heavy atom. The quantitative estimate of drug-likeness (QED) is 0.588. The molecule has 0 unspecified atom stereocenters. The summed E-state index contributed by atoms with van der Waals surface area (Å²) in [7, 11) is 0. The zero-order chi connectivity index (χ0) is 13.1. The van der Waals surface area contributed by atoms with Crippen molar-refractivity contribution < 1.29 is 9.53 Å². The monoisotopic (exact) mass is 232 g/mol. The lowest BCUT2D eigenvalue weighted by Gasteiger charge is -2.20. The summed E-state index contributed by atoms with van der Waals surface area (Å²) < 4.78 is 5.31. The summed E-state index contributed by atoms with van der Waals surface area (Å²) in [6, 6.07) is 7.78. The summed E-state index contributed by atoms with van der Waals surface area (Å²) in [6.07, 6.45) is 0.873. The van der Waals surface area contributed by atoms with Crippen LogP contribution in [0.1, 0.15) is 38.8 Å². The molecule has 0 radical (unpaired) electrons. The Morgan fingerprint density at radius 3 is 2.41 bits per heavy atom. The van der Waals surface area contributed by atoms with Crippen LogP contribution in [0.3, 0.4) is 0 Å². The molecular formula is C15H20O2. The van der Waals surface area contributed by atoms with Crippen molar-refractivity contribution in [3.8, 4) is 0 Å². The lowest BCUT2D eigenvalue weighted by Crippen LogP contribution is -2.24. The molecule has 2 nitrogen and oxygen atoms in total. The second-order valence-corrected chi connectivity index (χ2v) is 4.99. The van der Waals surface area contributed by atoms with Gasteiger partial charge in [-0.2, -0.15) is 0 Å². The van der Waals surface area contributed by atoms with Gasteiger partial charge in [0.2, 0.25) is 0 Å². The van der Waals surface area contributed by atoms with Crippen LogP contribution >= 0.6 is 0 Å². The second-order valence-electron chi connectivity index (χ2n) is 4.99. The van der Waals surface area contributed by atoms with Crippen LogP contribution in [0.4, 0.5) is 0 Å². The minimum Gasteiger partial charge on any atom is -0.456 e. The molecule has 1 aromatic rings. The van der Waals surface area contributed by atoms with Crippen molar-refractivity contribution in [2.24, 2.45) is 0 Å². The topological polar surface area (TPSA) is 26.3 Å². The first kappa shape index (κ1) is 13.5. The van der Waals surface area contributed by atoms with E-state index in [1.54, 1.807) is 0 Å². The van der Waals surface area contributed by atoms with Crippen LogP contribution in [-0.2, 0) is 16.0 Å². The van der Waals surface area contributed by atoms with E-state index in [1.165, 1.54) is 0 Å². The summed E-state index contributed by atoms with van der Waals surface area (Å²) in [5.41, 5.74) is 1.94. The Balaban J connectivity index is 2.93. The molecule has 0 spiro atoms. The Labute approximate surface area is 103 Å². The highest BCUT2D eigenvalue weighted by Crippen LogP contribution is 2.21. The van der Waals surface area contributed by atoms with Gasteiger partial charge >= 0.3 is 5.97 Å². The predicted molar refractivity (Wildman–Crippen MR) is 70.7 cm³/mol. The second kappa shape index (κ2) is 5.17. The number of aryl methyl sites for hydroxylation is 1. The van der Waals surface area contributed by atoms with Crippen molar-refractivity contribution in [1.82, 2.24) is 0 Å². The largest absolute Gasteiger partial charge is 0.456 e. The van der Waals surface area contributed by atoms with Gasteiger partial charge in [-0.3, -0.25) is 0 Å². The maximum absolute atomic E-state index is 11.9. The molecule has 0 aliphatic carbocycles. The van der Waals surface area contributed by atoms with E-state index >= 15 is 0 Å². The van der Waals surface area contributed by atoms with Crippen molar-refractivity contribution >= 4 is 11.5 Å². The number of carbonyl (C=O) groups is 1. The SMILES string of the molecule is C=C(C(=O)OC(C)(C)C)c1ccccc1CC. The predicted octanol–water partition coefficient (Wildman–Crippen LogP) is 3.60. The number of carbonyl (C=O) groups excluding carboxylic acids is 1. The normalized spacial score (nSPS) is 11.1. The van der Waals surface area contributed by atoms with Gasteiger partial charge in [0.15, 0.2) is 0 Å². The molecule has 0 aromatic heterocycles. The average molecular weight is 232 g/mol. The number of hydrogen-bond donors (Lipinski definition) is 0. The summed E-state index contributed by atoms with van der Waals surface area (Å²) in [5.74, 6) is -0.349. The average Bonchev–Trinajstić information content (AvgIpc) is 2.25. The highest BCUT2D eigenvalue weighted by Gasteiger charge is 2.20. The molecule has 0 amide bonds. The molecular weight excluding hydrogens is 212 g/mol. The maximum atomic E-state index is 11.9. The molecule has 1 aromatic carbocycles. The molecule has 2 heteroatoms. The van der Waals surface area contributed by atoms with Gasteiger partial charge in [0, 0.05) is 0 Å². The molecule has 0 saturated carbocycles. The standard InChI is InChI=1S/C15H20O2/c1-6-12-9-7-8-10-13(12)11(2)14(16)17-15(3,4)5/h7-10H,2,6H2,1,3-5H3. The zero-order valence-electron chi connectivity index (χ0n) is 11.0. The minimum atomic E-state index is -0.485. The van der Waals surface area contributed by atoms with Crippen molar-refractivity contribution in [1.29, 1.82) is 0 Å². The molecule has 0 aliphatic rings. The third kappa shape index (κ3) is 3.74. The zero-order valence-corrected chi connectivity index (χ0v) is 11.0. The number of ether oxygens (including phenoxy) is 1. The van der Waals surface area contributed by atoms with Gasteiger partial charge in [0.05, 0.1) is 5.57 Å². The Morgan fingerprint density at radius 2 is 1.88 bits per heavy atom. The van der Waals surface area contributed by atoms with Crippen LogP contribution in [0.25, 0.3) is 5.57 Å². The molecule has 0 N–H and O–H groups in total. The van der Waals surface area contributed by atoms with Gasteiger partial charge in [-0.1, -0.05) is 37.8 Å². The first-order valence-electron chi connectivity index (χ1n) is 5.85. The maximum Gasteiger partial charge on any atom is 0.338 e. The Hall–Kier alpha value is -1.57. The van der Waals surface area contributed by atoms with Gasteiger partial charge in [-0.25, -0.2) is 4.79 Å². The highest BCUT2D eigenvalue weighted by molar-refractivity contribution is 6.16. The molecule has 0 bridgehead atoms. The summed E-state index contributed by atoms with van der Waals surface area (Å²) in [6.45, 7) is 11.5. The fourth-order valence-corrected chi connectivity index (χ4v) is 1.57. The van der Waals surface area contributed by atoms with Crippen LogP contribution < -0.4 is 0 Å². The van der Waals surface area contributed by atoms with Gasteiger partial charge in [-0.15, -0.1) is 0 Å². The van der Waals surface area contributed by atoms with E-state index in [9.17, 15) is 4.79 Å². The Kier molecular flexibility index (Phi) is 4.11. The summed E-state index contributed by atoms with van der Waals surface area (Å²) in [4.78, 5) is 11.9. The first-order chi connectivity index (χ1) is 7.85. The fraction of sp³-hybridized carbons (Fsp3) is 0.400. The van der Waals surface area contributed by atoms with Crippen LogP contribution in [0, 0.1) is 0 Å². The Bertz CT molecular complexity index is 425. The number of rotatable bonds is 3. The lowest BCUT2D eigenvalue weighted by molar-refractivity contribution is -0.147. The number of hydrogen-bond acceptors (Lipinski definition) is 2. The van der Waals surface area contributed by atoms with Crippen molar-refractivity contribution in [3.05, 3.63) is 42.0 Å². The third-order valence-electron chi connectivity index (χ3n) is 2.37. The molecule has 0 heterocycles. The molecule has 1 rings (SSSR count). The van der Waals surface area contributed by atoms with Gasteiger partial charge in [-0.05, 0) is 38.3 Å². The third-order valence-corrected chi connectivity index (χ3v) is 2.37. The van der Waals surface area contributed by atoms with Crippen LogP contribution in [0.5, 0.6) is 0 Å². The molecule has 92 valence electrons. The minimum absolute atomic E-state index is 0.349. The van der Waals surface area contributed by atoms with E-state index in [0.29, 0.717) is 5.57 Å². The summed E-state index contributed by atoms with van der Waals surface area (Å²) >= 11 is 0. The molecule has 17 heavy (non-hydrogen) atoms. The molecule has 0 atom stereocenters. The number of benzene rings is 1. The van der Waals surface area contributed by atoms with Crippen molar-refractivity contribution in [2.75, 3.05) is 0 Å². The van der Waals surface area contributed by atoms with E-state index in [4.69, 9.17) is 4.74 Å². The van der Waals surface area contributed by atoms with Crippen molar-refractivity contribution in [3.63, 3.8) is 0 Å². The van der Waals surface area contributed by atoms with Gasteiger partial charge in [0.1, 0.15) is 5.60 Å². The van der Waals surface area contributed by atoms with Gasteiger partial charge < -0.3 is 4.74 Å². The van der Waals surface area contributed by atoms with Crippen molar-refractivity contribution in [2.45, 2.75) is 39.7 Å². The van der Waals surface area contributed by atoms with E-state index in [2.05, 4.69) is 13.5 Å². The van der Waals surface area contributed by atoms with Crippen LogP contribution in [0.2, 0.25) is 0 Å². The lowest BCUT2D eigenvalue weighted by atomic mass is 9.99. The van der Waals surface area contributed by atoms with E-state index in [-0.39, 0.29) is 5.97 Å². The smallest absolute Gasteiger partial charge is 0.338 e. The fourth-order valence-electron chi connectivity index (χ4n) is 1.57. The molecule has 0 saturated heterocycles. The van der Waals surface area contributed by atoms with Gasteiger partial charge in [0.25, 0.3) is 0 Å². The molecule has 0 fully saturated rings. The van der Waals surface area contributed by atoms with Crippen LogP contribution in [-0.4, -0.2) is 11.6 Å². The molecule has 0 aliphatic heterocycles. The van der Waals surface area contributed by atoms with E-state index < -0.39 is 5.60 Å². The first-order valence-corrected chi connectivity index (χ1v) is 5.85. The van der Waals surface area contributed by atoms with Crippen LogP contribution in [0.15, 0.2) is 30.8 Å². The highest BCUT2D eigenvalue weighted by atomic mass is 16.6. The van der Waals surface area contributed by atoms with E-state index in [0.717, 1.165) is 17.5 Å². The summed E-state index contributed by atoms with van der Waals surface area (Å²) in [5, 5.41) is 0. The number of esters is 1.